The maximum absolute atomic E-state index is 12.4. The van der Waals surface area contributed by atoms with Gasteiger partial charge in [-0.3, -0.25) is 9.69 Å². The van der Waals surface area contributed by atoms with Crippen LogP contribution in [-0.4, -0.2) is 47.3 Å². The van der Waals surface area contributed by atoms with Crippen molar-refractivity contribution in [3.63, 3.8) is 0 Å². The highest BCUT2D eigenvalue weighted by atomic mass is 16.5. The number of aliphatic hydroxyl groups is 1. The molecule has 23 heavy (non-hydrogen) atoms. The average Bonchev–Trinajstić information content (AvgIpc) is 2.53. The highest BCUT2D eigenvalue weighted by Crippen LogP contribution is 2.56. The van der Waals surface area contributed by atoms with Crippen LogP contribution in [0.5, 0.6) is 11.5 Å². The molecule has 1 spiro atoms. The summed E-state index contributed by atoms with van der Waals surface area (Å²) >= 11 is 0. The van der Waals surface area contributed by atoms with E-state index in [-0.39, 0.29) is 18.0 Å². The van der Waals surface area contributed by atoms with Crippen LogP contribution in [-0.2, 0) is 10.2 Å². The Morgan fingerprint density at radius 3 is 2.83 bits per heavy atom. The van der Waals surface area contributed by atoms with Gasteiger partial charge in [0.25, 0.3) is 0 Å². The van der Waals surface area contributed by atoms with Crippen LogP contribution >= 0.6 is 0 Å². The molecule has 1 heterocycles. The lowest BCUT2D eigenvalue weighted by molar-refractivity contribution is -0.168. The summed E-state index contributed by atoms with van der Waals surface area (Å²) in [5, 5.41) is 21.6. The molecule has 1 fully saturated rings. The molecule has 4 rings (SSSR count). The minimum Gasteiger partial charge on any atom is -0.504 e. The maximum Gasteiger partial charge on any atom is 0.202 e. The minimum atomic E-state index is -1.51. The molecule has 5 heteroatoms. The lowest BCUT2D eigenvalue weighted by Gasteiger charge is -2.54. The third-order valence-corrected chi connectivity index (χ3v) is 5.60. The van der Waals surface area contributed by atoms with Gasteiger partial charge in [-0.1, -0.05) is 18.2 Å². The number of rotatable bonds is 1. The van der Waals surface area contributed by atoms with Gasteiger partial charge in [0.1, 0.15) is 0 Å². The van der Waals surface area contributed by atoms with Crippen molar-refractivity contribution in [3.8, 4) is 11.5 Å². The number of fused-ring (bicyclic) bond motifs is 2. The van der Waals surface area contributed by atoms with Crippen molar-refractivity contribution in [2.45, 2.75) is 24.0 Å². The molecule has 0 radical (unpaired) electrons. The zero-order valence-electron chi connectivity index (χ0n) is 13.2. The number of aromatic hydroxyl groups is 1. The summed E-state index contributed by atoms with van der Waals surface area (Å²) in [7, 11) is 3.28. The van der Waals surface area contributed by atoms with Gasteiger partial charge in [0.05, 0.1) is 7.11 Å². The summed E-state index contributed by atoms with van der Waals surface area (Å²) < 4.78 is 5.26. The maximum atomic E-state index is 12.4. The van der Waals surface area contributed by atoms with Gasteiger partial charge >= 0.3 is 0 Å². The van der Waals surface area contributed by atoms with E-state index in [2.05, 4.69) is 0 Å². The first-order valence-electron chi connectivity index (χ1n) is 7.71. The van der Waals surface area contributed by atoms with Gasteiger partial charge < -0.3 is 14.9 Å². The molecule has 2 aliphatic carbocycles. The molecule has 0 aromatic heterocycles. The molecule has 0 unspecified atom stereocenters. The number of ether oxygens (including phenoxy) is 1. The second kappa shape index (κ2) is 4.46. The van der Waals surface area contributed by atoms with E-state index in [1.165, 1.54) is 13.2 Å². The van der Waals surface area contributed by atoms with Crippen LogP contribution in [0.15, 0.2) is 29.9 Å². The molecule has 0 amide bonds. The summed E-state index contributed by atoms with van der Waals surface area (Å²) in [6.45, 7) is 0.573. The Morgan fingerprint density at radius 1 is 1.30 bits per heavy atom. The summed E-state index contributed by atoms with van der Waals surface area (Å²) in [4.78, 5) is 14.1. The van der Waals surface area contributed by atoms with Crippen molar-refractivity contribution in [2.75, 3.05) is 20.7 Å². The highest BCUT2D eigenvalue weighted by Gasteiger charge is 2.57. The van der Waals surface area contributed by atoms with Gasteiger partial charge in [-0.2, -0.15) is 0 Å². The van der Waals surface area contributed by atoms with Crippen molar-refractivity contribution in [1.29, 1.82) is 0 Å². The predicted molar refractivity (Wildman–Crippen MR) is 85.3 cm³/mol. The fourth-order valence-corrected chi connectivity index (χ4v) is 4.24. The van der Waals surface area contributed by atoms with E-state index >= 15 is 0 Å². The number of phenolic OH excluding ortho intramolecular Hbond substituents is 1. The Bertz CT molecular complexity index is 781. The van der Waals surface area contributed by atoms with Gasteiger partial charge in [-0.25, -0.2) is 0 Å². The number of ketones is 1. The molecule has 1 aromatic rings. The number of carbonyl (C=O) groups excluding carboxylic acids is 1. The zero-order chi connectivity index (χ0) is 16.4. The molecule has 2 bridgehead atoms. The fraction of sp³-hybridized carbons (Fsp3) is 0.389. The van der Waals surface area contributed by atoms with E-state index in [0.717, 1.165) is 23.1 Å². The number of likely N-dealkylation sites (N-methyl/N-ethyl adjacent to an activating group) is 1. The molecule has 1 aromatic carbocycles. The number of nitrogens with zero attached hydrogens (tertiary/aromatic N) is 1. The van der Waals surface area contributed by atoms with Crippen molar-refractivity contribution in [1.82, 2.24) is 4.90 Å². The van der Waals surface area contributed by atoms with Crippen LogP contribution in [0.1, 0.15) is 24.0 Å². The van der Waals surface area contributed by atoms with Gasteiger partial charge in [-0.05, 0) is 36.7 Å². The first kappa shape index (κ1) is 14.5. The van der Waals surface area contributed by atoms with E-state index in [0.29, 0.717) is 12.3 Å². The number of carbonyl (C=O) groups is 1. The van der Waals surface area contributed by atoms with E-state index in [1.54, 1.807) is 18.0 Å². The standard InChI is InChI=1S/C18H19NO4/c1-19-8-7-17-10-18(19,22)14(20)9-12(17)5-3-11-4-6-13(23-2)16(21)15(11)17/h3-6,9,21-22H,7-8,10H2,1-2H3/t17-,18+/m0/s1. The smallest absolute Gasteiger partial charge is 0.202 e. The molecule has 1 aliphatic heterocycles. The lowest BCUT2D eigenvalue weighted by atomic mass is 9.58. The Kier molecular flexibility index (Phi) is 2.81. The third-order valence-electron chi connectivity index (χ3n) is 5.60. The number of methoxy groups -OCH3 is 1. The summed E-state index contributed by atoms with van der Waals surface area (Å²) in [6.07, 6.45) is 6.33. The Labute approximate surface area is 134 Å². The molecule has 3 aliphatic rings. The molecule has 0 saturated carbocycles. The predicted octanol–water partition coefficient (Wildman–Crippen LogP) is 1.59. The lowest BCUT2D eigenvalue weighted by Crippen LogP contribution is -2.63. The summed E-state index contributed by atoms with van der Waals surface area (Å²) in [5.41, 5.74) is 0.445. The van der Waals surface area contributed by atoms with Gasteiger partial charge in [0.2, 0.25) is 5.78 Å². The average molecular weight is 313 g/mol. The minimum absolute atomic E-state index is 0.0986. The van der Waals surface area contributed by atoms with Crippen molar-refractivity contribution < 1.29 is 19.7 Å². The van der Waals surface area contributed by atoms with E-state index in [4.69, 9.17) is 4.74 Å². The molecule has 5 nitrogen and oxygen atoms in total. The topological polar surface area (TPSA) is 70.0 Å². The summed E-state index contributed by atoms with van der Waals surface area (Å²) in [6, 6.07) is 3.64. The quantitative estimate of drug-likeness (QED) is 0.824. The van der Waals surface area contributed by atoms with Crippen LogP contribution in [0.4, 0.5) is 0 Å². The Hall–Kier alpha value is -2.11. The fourth-order valence-electron chi connectivity index (χ4n) is 4.24. The van der Waals surface area contributed by atoms with E-state index in [1.807, 2.05) is 18.2 Å². The molecular weight excluding hydrogens is 294 g/mol. The van der Waals surface area contributed by atoms with Gasteiger partial charge in [-0.15, -0.1) is 0 Å². The number of hydrogen-bond donors (Lipinski definition) is 2. The first-order chi connectivity index (χ1) is 10.9. The Morgan fingerprint density at radius 2 is 2.09 bits per heavy atom. The van der Waals surface area contributed by atoms with Crippen LogP contribution < -0.4 is 4.74 Å². The monoisotopic (exact) mass is 313 g/mol. The Balaban J connectivity index is 2.02. The molecular formula is C18H19NO4. The largest absolute Gasteiger partial charge is 0.504 e. The molecule has 1 saturated heterocycles. The van der Waals surface area contributed by atoms with Crippen LogP contribution in [0, 0.1) is 0 Å². The molecule has 2 atom stereocenters. The summed E-state index contributed by atoms with van der Waals surface area (Å²) in [5.74, 6) is 0.217. The van der Waals surface area contributed by atoms with Crippen molar-refractivity contribution in [3.05, 3.63) is 41.0 Å². The number of allylic oxidation sites excluding steroid dienone is 2. The zero-order valence-corrected chi connectivity index (χ0v) is 13.2. The third kappa shape index (κ3) is 1.66. The number of piperidine rings is 1. The molecule has 2 N–H and O–H groups in total. The first-order valence-corrected chi connectivity index (χ1v) is 7.71. The van der Waals surface area contributed by atoms with Crippen LogP contribution in [0.2, 0.25) is 0 Å². The highest BCUT2D eigenvalue weighted by molar-refractivity contribution is 6.00. The second-order valence-corrected chi connectivity index (χ2v) is 6.62. The van der Waals surface area contributed by atoms with Crippen LogP contribution in [0.3, 0.4) is 0 Å². The number of hydrogen-bond acceptors (Lipinski definition) is 5. The van der Waals surface area contributed by atoms with Crippen LogP contribution in [0.25, 0.3) is 6.08 Å². The number of phenols is 1. The normalized spacial score (nSPS) is 32.1. The number of benzene rings is 1. The SMILES string of the molecule is COc1ccc2c(c1O)[C@@]13CCN(C)[C@@](O)(C1)C(=O)C=C3C=C2. The van der Waals surface area contributed by atoms with Crippen molar-refractivity contribution in [2.24, 2.45) is 0 Å². The molecule has 120 valence electrons. The second-order valence-electron chi connectivity index (χ2n) is 6.62. The number of likely N-dealkylation sites (tertiary alicyclic amines) is 1. The van der Waals surface area contributed by atoms with E-state index < -0.39 is 11.1 Å². The van der Waals surface area contributed by atoms with Gasteiger partial charge in [0.15, 0.2) is 17.2 Å². The van der Waals surface area contributed by atoms with Crippen molar-refractivity contribution >= 4 is 11.9 Å². The van der Waals surface area contributed by atoms with E-state index in [9.17, 15) is 15.0 Å². The van der Waals surface area contributed by atoms with Gasteiger partial charge in [0, 0.05) is 23.9 Å².